The van der Waals surface area contributed by atoms with Crippen molar-refractivity contribution in [1.82, 2.24) is 9.66 Å². The first-order chi connectivity index (χ1) is 12.5. The highest BCUT2D eigenvalue weighted by Gasteiger charge is 2.18. The number of nitrogens with zero attached hydrogens (tertiary/aromatic N) is 3. The average molecular weight is 350 g/mol. The summed E-state index contributed by atoms with van der Waals surface area (Å²) in [5.41, 5.74) is 8.42. The lowest BCUT2D eigenvalue weighted by Crippen LogP contribution is -2.31. The third kappa shape index (κ3) is 4.30. The molecule has 0 amide bonds. The number of benzene rings is 2. The summed E-state index contributed by atoms with van der Waals surface area (Å²) in [6, 6.07) is 14.7. The van der Waals surface area contributed by atoms with Gasteiger partial charge in [0.25, 0.3) is 0 Å². The third-order valence-electron chi connectivity index (χ3n) is 3.72. The van der Waals surface area contributed by atoms with E-state index in [0.29, 0.717) is 17.9 Å². The van der Waals surface area contributed by atoms with Gasteiger partial charge in [0.05, 0.1) is 18.1 Å². The molecule has 0 saturated heterocycles. The van der Waals surface area contributed by atoms with E-state index in [1.165, 1.54) is 4.68 Å². The summed E-state index contributed by atoms with van der Waals surface area (Å²) < 4.78 is 7.17. The van der Waals surface area contributed by atoms with Crippen molar-refractivity contribution in [2.75, 3.05) is 5.73 Å². The van der Waals surface area contributed by atoms with E-state index >= 15 is 0 Å². The smallest absolute Gasteiger partial charge is 0.489 e. The number of rotatable bonds is 6. The van der Waals surface area contributed by atoms with Crippen molar-refractivity contribution in [3.05, 3.63) is 71.5 Å². The Morgan fingerprint density at radius 2 is 2.00 bits per heavy atom. The van der Waals surface area contributed by atoms with E-state index in [1.54, 1.807) is 30.6 Å². The molecule has 7 nitrogen and oxygen atoms in total. The number of hydrogen-bond donors (Lipinski definition) is 3. The summed E-state index contributed by atoms with van der Waals surface area (Å²) in [6.07, 6.45) is 3.26. The van der Waals surface area contributed by atoms with Crippen molar-refractivity contribution in [2.45, 2.75) is 13.5 Å². The van der Waals surface area contributed by atoms with Crippen molar-refractivity contribution in [3.8, 4) is 5.75 Å². The molecule has 0 spiro atoms. The molecular formula is C18H19BN4O3. The highest BCUT2D eigenvalue weighted by atomic mass is 16.5. The Labute approximate surface area is 151 Å². The quantitative estimate of drug-likeness (QED) is 0.453. The molecule has 1 heterocycles. The number of nitrogens with two attached hydrogens (primary N) is 1. The summed E-state index contributed by atoms with van der Waals surface area (Å²) in [4.78, 5) is 4.06. The zero-order chi connectivity index (χ0) is 18.5. The molecule has 26 heavy (non-hydrogen) atoms. The minimum atomic E-state index is -1.66. The van der Waals surface area contributed by atoms with Gasteiger partial charge in [-0.25, -0.2) is 9.66 Å². The maximum atomic E-state index is 9.65. The summed E-state index contributed by atoms with van der Waals surface area (Å²) >= 11 is 0. The number of nitrogen functional groups attached to an aromatic ring is 1. The molecule has 0 saturated carbocycles. The van der Waals surface area contributed by atoms with Crippen molar-refractivity contribution < 1.29 is 14.8 Å². The van der Waals surface area contributed by atoms with Crippen molar-refractivity contribution in [2.24, 2.45) is 5.10 Å². The molecule has 3 aromatic rings. The van der Waals surface area contributed by atoms with Crippen LogP contribution in [0.15, 0.2) is 59.8 Å². The zero-order valence-electron chi connectivity index (χ0n) is 14.3. The number of aromatic nitrogens is 2. The van der Waals surface area contributed by atoms with Gasteiger partial charge in [-0.3, -0.25) is 0 Å². The summed E-state index contributed by atoms with van der Waals surface area (Å²) in [7, 11) is -1.66. The Hall–Kier alpha value is -3.10. The fourth-order valence-corrected chi connectivity index (χ4v) is 2.44. The predicted molar refractivity (Wildman–Crippen MR) is 101 cm³/mol. The molecule has 0 atom stereocenters. The van der Waals surface area contributed by atoms with Crippen LogP contribution in [-0.4, -0.2) is 33.0 Å². The predicted octanol–water partition coefficient (Wildman–Crippen LogP) is 0.915. The molecule has 0 aliphatic heterocycles. The number of anilines is 1. The molecule has 0 unspecified atom stereocenters. The Kier molecular flexibility index (Phi) is 5.35. The molecule has 0 fully saturated rings. The van der Waals surface area contributed by atoms with Crippen molar-refractivity contribution in [1.29, 1.82) is 0 Å². The first-order valence-corrected chi connectivity index (χ1v) is 8.05. The largest absolute Gasteiger partial charge is 0.492 e. The Balaban J connectivity index is 1.79. The van der Waals surface area contributed by atoms with E-state index < -0.39 is 7.12 Å². The molecule has 0 bridgehead atoms. The third-order valence-corrected chi connectivity index (χ3v) is 3.72. The number of ether oxygens (including phenoxy) is 1. The lowest BCUT2D eigenvalue weighted by molar-refractivity contribution is 0.306. The maximum Gasteiger partial charge on any atom is 0.492 e. The minimum Gasteiger partial charge on any atom is -0.489 e. The first kappa shape index (κ1) is 17.7. The van der Waals surface area contributed by atoms with Gasteiger partial charge in [-0.1, -0.05) is 30.3 Å². The van der Waals surface area contributed by atoms with Crippen LogP contribution in [0.1, 0.15) is 16.8 Å². The molecule has 3 rings (SSSR count). The number of imidazole rings is 1. The van der Waals surface area contributed by atoms with Crippen LogP contribution in [0.5, 0.6) is 5.75 Å². The van der Waals surface area contributed by atoms with Crippen LogP contribution < -0.4 is 15.9 Å². The van der Waals surface area contributed by atoms with E-state index in [1.807, 2.05) is 37.3 Å². The molecule has 0 aliphatic rings. The lowest BCUT2D eigenvalue weighted by atomic mass is 9.79. The Bertz CT molecular complexity index is 910. The van der Waals surface area contributed by atoms with E-state index in [9.17, 15) is 10.0 Å². The van der Waals surface area contributed by atoms with Crippen molar-refractivity contribution >= 4 is 24.7 Å². The normalized spacial score (nSPS) is 11.0. The summed E-state index contributed by atoms with van der Waals surface area (Å²) in [5, 5.41) is 23.5. The molecule has 4 N–H and O–H groups in total. The van der Waals surface area contributed by atoms with Crippen LogP contribution in [0.3, 0.4) is 0 Å². The fraction of sp³-hybridized carbons (Fsp3) is 0.111. The number of hydrogen-bond acceptors (Lipinski definition) is 6. The average Bonchev–Trinajstić information content (AvgIpc) is 2.96. The highest BCUT2D eigenvalue weighted by Crippen LogP contribution is 2.13. The van der Waals surface area contributed by atoms with Gasteiger partial charge >= 0.3 is 7.12 Å². The van der Waals surface area contributed by atoms with Gasteiger partial charge in [-0.05, 0) is 36.2 Å². The minimum absolute atomic E-state index is 0.264. The van der Waals surface area contributed by atoms with Crippen LogP contribution in [0, 0.1) is 6.92 Å². The van der Waals surface area contributed by atoms with Gasteiger partial charge < -0.3 is 20.5 Å². The Morgan fingerprint density at radius 1 is 1.23 bits per heavy atom. The molecular weight excluding hydrogens is 331 g/mol. The topological polar surface area (TPSA) is 106 Å². The fourth-order valence-electron chi connectivity index (χ4n) is 2.44. The van der Waals surface area contributed by atoms with Gasteiger partial charge in [0, 0.05) is 5.46 Å². The summed E-state index contributed by atoms with van der Waals surface area (Å²) in [5.74, 6) is 0.683. The van der Waals surface area contributed by atoms with Crippen LogP contribution in [0.2, 0.25) is 0 Å². The molecule has 8 heteroatoms. The molecule has 132 valence electrons. The van der Waals surface area contributed by atoms with Gasteiger partial charge in [0.2, 0.25) is 5.95 Å². The molecule has 0 radical (unpaired) electrons. The van der Waals surface area contributed by atoms with Crippen molar-refractivity contribution in [3.63, 3.8) is 0 Å². The molecule has 0 aliphatic carbocycles. The zero-order valence-corrected chi connectivity index (χ0v) is 14.3. The summed E-state index contributed by atoms with van der Waals surface area (Å²) in [6.45, 7) is 2.15. The van der Waals surface area contributed by atoms with Gasteiger partial charge in [-0.15, -0.1) is 0 Å². The first-order valence-electron chi connectivity index (χ1n) is 8.05. The van der Waals surface area contributed by atoms with E-state index in [2.05, 4.69) is 10.1 Å². The maximum absolute atomic E-state index is 9.65. The van der Waals surface area contributed by atoms with E-state index in [4.69, 9.17) is 10.5 Å². The SMILES string of the molecule is Cc1cn(N=Cc2ccc(OCc3ccccc3)c(B(O)O)c2)c(N)n1. The van der Waals surface area contributed by atoms with Gasteiger partial charge in [0.1, 0.15) is 12.4 Å². The Morgan fingerprint density at radius 3 is 2.65 bits per heavy atom. The van der Waals surface area contributed by atoms with Crippen LogP contribution in [0.25, 0.3) is 0 Å². The molecule has 1 aromatic heterocycles. The lowest BCUT2D eigenvalue weighted by Gasteiger charge is -2.12. The van der Waals surface area contributed by atoms with E-state index in [0.717, 1.165) is 11.3 Å². The van der Waals surface area contributed by atoms with Crippen LogP contribution in [0.4, 0.5) is 5.95 Å². The number of aryl methyl sites for hydroxylation is 1. The van der Waals surface area contributed by atoms with E-state index in [-0.39, 0.29) is 11.4 Å². The second-order valence-corrected chi connectivity index (χ2v) is 5.77. The van der Waals surface area contributed by atoms with Gasteiger partial charge in [0.15, 0.2) is 0 Å². The van der Waals surface area contributed by atoms with Crippen LogP contribution in [-0.2, 0) is 6.61 Å². The standard InChI is InChI=1S/C18H19BN4O3/c1-13-11-23(18(20)22-13)21-10-15-7-8-17(16(9-15)19(24)25)26-12-14-5-3-2-4-6-14/h2-11,24-25H,12H2,1H3,(H2,20,22). The second kappa shape index (κ2) is 7.86. The highest BCUT2D eigenvalue weighted by molar-refractivity contribution is 6.59. The monoisotopic (exact) mass is 350 g/mol. The van der Waals surface area contributed by atoms with Gasteiger partial charge in [-0.2, -0.15) is 5.10 Å². The van der Waals surface area contributed by atoms with Crippen LogP contribution >= 0.6 is 0 Å². The molecule has 2 aromatic carbocycles. The second-order valence-electron chi connectivity index (χ2n) is 5.77.